The van der Waals surface area contributed by atoms with Crippen LogP contribution in [0, 0.1) is 0 Å². The zero-order chi connectivity index (χ0) is 21.8. The highest BCUT2D eigenvalue weighted by molar-refractivity contribution is 5.85. The smallest absolute Gasteiger partial charge is 0.242 e. The van der Waals surface area contributed by atoms with Crippen molar-refractivity contribution in [2.45, 2.75) is 83.7 Å². The first-order valence-electron chi connectivity index (χ1n) is 11.7. The van der Waals surface area contributed by atoms with Crippen molar-refractivity contribution in [2.24, 2.45) is 7.05 Å². The molecule has 1 aromatic rings. The molecule has 0 radical (unpaired) electrons. The molecule has 6 heteroatoms. The van der Waals surface area contributed by atoms with E-state index in [9.17, 15) is 9.59 Å². The Morgan fingerprint density at radius 3 is 2.47 bits per heavy atom. The third-order valence-electron chi connectivity index (χ3n) is 5.89. The highest BCUT2D eigenvalue weighted by Gasteiger charge is 2.34. The molecule has 0 unspecified atom stereocenters. The van der Waals surface area contributed by atoms with E-state index in [1.807, 2.05) is 24.2 Å². The SMILES string of the molecule is CCCCCCCCC(=O)N(CCCOC)CC(=O)N(Cc1cccn1C)C1CC1. The lowest BCUT2D eigenvalue weighted by Gasteiger charge is -2.28. The predicted molar refractivity (Wildman–Crippen MR) is 120 cm³/mol. The number of carbonyl (C=O) groups excluding carboxylic acids is 2. The maximum absolute atomic E-state index is 13.1. The Balaban J connectivity index is 1.89. The van der Waals surface area contributed by atoms with Crippen LogP contribution in [0.2, 0.25) is 0 Å². The van der Waals surface area contributed by atoms with Crippen molar-refractivity contribution in [3.8, 4) is 0 Å². The number of aryl methyl sites for hydroxylation is 1. The molecule has 2 amide bonds. The van der Waals surface area contributed by atoms with Gasteiger partial charge >= 0.3 is 0 Å². The van der Waals surface area contributed by atoms with Gasteiger partial charge in [0.15, 0.2) is 0 Å². The molecule has 1 saturated carbocycles. The van der Waals surface area contributed by atoms with Gasteiger partial charge in [0.25, 0.3) is 0 Å². The molecule has 2 rings (SSSR count). The topological polar surface area (TPSA) is 54.8 Å². The summed E-state index contributed by atoms with van der Waals surface area (Å²) < 4.78 is 7.21. The minimum absolute atomic E-state index is 0.0624. The van der Waals surface area contributed by atoms with Gasteiger partial charge in [0.2, 0.25) is 11.8 Å². The van der Waals surface area contributed by atoms with Crippen LogP contribution in [0.5, 0.6) is 0 Å². The van der Waals surface area contributed by atoms with E-state index in [-0.39, 0.29) is 18.4 Å². The number of rotatable bonds is 16. The summed E-state index contributed by atoms with van der Waals surface area (Å²) in [4.78, 5) is 29.7. The Kier molecular flexibility index (Phi) is 11.0. The lowest BCUT2D eigenvalue weighted by atomic mass is 10.1. The summed E-state index contributed by atoms with van der Waals surface area (Å²) in [6.07, 6.45) is 12.4. The van der Waals surface area contributed by atoms with Crippen molar-refractivity contribution >= 4 is 11.8 Å². The van der Waals surface area contributed by atoms with Crippen LogP contribution in [0.3, 0.4) is 0 Å². The lowest BCUT2D eigenvalue weighted by Crippen LogP contribution is -2.44. The third kappa shape index (κ3) is 8.50. The van der Waals surface area contributed by atoms with E-state index in [4.69, 9.17) is 4.74 Å². The van der Waals surface area contributed by atoms with Gasteiger partial charge in [-0.05, 0) is 37.8 Å². The molecule has 0 spiro atoms. The molecule has 0 saturated heterocycles. The van der Waals surface area contributed by atoms with Gasteiger partial charge in [-0.15, -0.1) is 0 Å². The molecule has 1 fully saturated rings. The first-order chi connectivity index (χ1) is 14.6. The summed E-state index contributed by atoms with van der Waals surface area (Å²) in [5.41, 5.74) is 1.12. The van der Waals surface area contributed by atoms with Crippen LogP contribution >= 0.6 is 0 Å². The van der Waals surface area contributed by atoms with E-state index in [0.29, 0.717) is 32.2 Å². The van der Waals surface area contributed by atoms with Crippen LogP contribution in [0.4, 0.5) is 0 Å². The summed E-state index contributed by atoms with van der Waals surface area (Å²) in [6.45, 7) is 4.19. The molecule has 0 aromatic carbocycles. The maximum Gasteiger partial charge on any atom is 0.242 e. The van der Waals surface area contributed by atoms with E-state index in [2.05, 4.69) is 17.6 Å². The van der Waals surface area contributed by atoms with Gasteiger partial charge < -0.3 is 19.1 Å². The van der Waals surface area contributed by atoms with E-state index in [0.717, 1.165) is 37.8 Å². The second kappa shape index (κ2) is 13.5. The zero-order valence-electron chi connectivity index (χ0n) is 19.3. The number of methoxy groups -OCH3 is 1. The number of hydrogen-bond acceptors (Lipinski definition) is 3. The average molecular weight is 420 g/mol. The predicted octanol–water partition coefficient (Wildman–Crippen LogP) is 4.13. The minimum atomic E-state index is 0.0624. The van der Waals surface area contributed by atoms with E-state index >= 15 is 0 Å². The Hall–Kier alpha value is -1.82. The van der Waals surface area contributed by atoms with Crippen LogP contribution in [-0.4, -0.2) is 59.0 Å². The summed E-state index contributed by atoms with van der Waals surface area (Å²) in [5.74, 6) is 0.164. The van der Waals surface area contributed by atoms with Crippen LogP contribution in [-0.2, 0) is 27.9 Å². The van der Waals surface area contributed by atoms with Crippen LogP contribution in [0.15, 0.2) is 18.3 Å². The van der Waals surface area contributed by atoms with Crippen molar-refractivity contribution in [2.75, 3.05) is 26.8 Å². The van der Waals surface area contributed by atoms with Crippen LogP contribution in [0.25, 0.3) is 0 Å². The number of carbonyl (C=O) groups is 2. The molecule has 30 heavy (non-hydrogen) atoms. The highest BCUT2D eigenvalue weighted by atomic mass is 16.5. The molecule has 1 heterocycles. The van der Waals surface area contributed by atoms with Gasteiger partial charge in [-0.2, -0.15) is 0 Å². The molecule has 0 aliphatic heterocycles. The Morgan fingerprint density at radius 2 is 1.83 bits per heavy atom. The molecule has 1 aliphatic rings. The third-order valence-corrected chi connectivity index (χ3v) is 5.89. The molecule has 0 atom stereocenters. The lowest BCUT2D eigenvalue weighted by molar-refractivity contribution is -0.141. The number of amides is 2. The fourth-order valence-electron chi connectivity index (χ4n) is 3.80. The standard InChI is InChI=1S/C24H41N3O3/c1-4-5-6-7-8-9-13-23(28)26(17-11-18-30-3)20-24(29)27(21-14-15-21)19-22-12-10-16-25(22)2/h10,12,16,21H,4-9,11,13-15,17-20H2,1-3H3. The number of ether oxygens (including phenoxy) is 1. The van der Waals surface area contributed by atoms with Crippen molar-refractivity contribution in [1.82, 2.24) is 14.4 Å². The van der Waals surface area contributed by atoms with Gasteiger partial charge in [0.05, 0.1) is 13.1 Å². The molecule has 0 bridgehead atoms. The molecule has 1 aromatic heterocycles. The monoisotopic (exact) mass is 419 g/mol. The second-order valence-corrected chi connectivity index (χ2v) is 8.54. The molecule has 1 aliphatic carbocycles. The average Bonchev–Trinajstić information content (AvgIpc) is 3.49. The van der Waals surface area contributed by atoms with Crippen LogP contribution < -0.4 is 0 Å². The quantitative estimate of drug-likeness (QED) is 0.379. The Labute approximate surface area is 182 Å². The largest absolute Gasteiger partial charge is 0.385 e. The number of hydrogen-bond donors (Lipinski definition) is 0. The van der Waals surface area contributed by atoms with Crippen molar-refractivity contribution in [3.63, 3.8) is 0 Å². The van der Waals surface area contributed by atoms with Crippen molar-refractivity contribution in [3.05, 3.63) is 24.0 Å². The molecular weight excluding hydrogens is 378 g/mol. The van der Waals surface area contributed by atoms with E-state index in [1.54, 1.807) is 12.0 Å². The van der Waals surface area contributed by atoms with Crippen molar-refractivity contribution in [1.29, 1.82) is 0 Å². The van der Waals surface area contributed by atoms with Gasteiger partial charge in [-0.25, -0.2) is 0 Å². The van der Waals surface area contributed by atoms with Gasteiger partial charge in [0, 0.05) is 51.7 Å². The summed E-state index contributed by atoms with van der Waals surface area (Å²) in [5, 5.41) is 0. The van der Waals surface area contributed by atoms with Crippen LogP contribution in [0.1, 0.15) is 76.8 Å². The van der Waals surface area contributed by atoms with Gasteiger partial charge in [-0.1, -0.05) is 39.0 Å². The minimum Gasteiger partial charge on any atom is -0.385 e. The number of unbranched alkanes of at least 4 members (excludes halogenated alkanes) is 5. The molecule has 0 N–H and O–H groups in total. The van der Waals surface area contributed by atoms with E-state index < -0.39 is 0 Å². The fraction of sp³-hybridized carbons (Fsp3) is 0.750. The number of aromatic nitrogens is 1. The normalized spacial score (nSPS) is 13.4. The summed E-state index contributed by atoms with van der Waals surface area (Å²) in [7, 11) is 3.67. The number of nitrogens with zero attached hydrogens (tertiary/aromatic N) is 3. The maximum atomic E-state index is 13.1. The first-order valence-corrected chi connectivity index (χ1v) is 11.7. The Bertz CT molecular complexity index is 639. The molecule has 6 nitrogen and oxygen atoms in total. The highest BCUT2D eigenvalue weighted by Crippen LogP contribution is 2.28. The molecular formula is C24H41N3O3. The van der Waals surface area contributed by atoms with E-state index in [1.165, 1.54) is 25.7 Å². The van der Waals surface area contributed by atoms with Gasteiger partial charge in [-0.3, -0.25) is 9.59 Å². The fourth-order valence-corrected chi connectivity index (χ4v) is 3.80. The second-order valence-electron chi connectivity index (χ2n) is 8.54. The van der Waals surface area contributed by atoms with Gasteiger partial charge in [0.1, 0.15) is 0 Å². The van der Waals surface area contributed by atoms with Crippen molar-refractivity contribution < 1.29 is 14.3 Å². The first kappa shape index (κ1) is 24.4. The zero-order valence-corrected chi connectivity index (χ0v) is 19.3. The Morgan fingerprint density at radius 1 is 1.10 bits per heavy atom. The summed E-state index contributed by atoms with van der Waals surface area (Å²) >= 11 is 0. The molecule has 170 valence electrons. The summed E-state index contributed by atoms with van der Waals surface area (Å²) in [6, 6.07) is 4.39.